The van der Waals surface area contributed by atoms with Crippen LogP contribution in [0.5, 0.6) is 0 Å². The van der Waals surface area contributed by atoms with E-state index in [1.807, 2.05) is 0 Å². The summed E-state index contributed by atoms with van der Waals surface area (Å²) in [5, 5.41) is 0. The second kappa shape index (κ2) is 54.2. The van der Waals surface area contributed by atoms with Gasteiger partial charge in [0, 0.05) is 19.3 Å². The highest BCUT2D eigenvalue weighted by molar-refractivity contribution is 5.71. The third-order valence-corrected chi connectivity index (χ3v) is 11.6. The average Bonchev–Trinajstić information content (AvgIpc) is 3.31. The van der Waals surface area contributed by atoms with Crippen molar-refractivity contribution in [3.63, 3.8) is 0 Å². The van der Waals surface area contributed by atoms with Gasteiger partial charge >= 0.3 is 17.9 Å². The van der Waals surface area contributed by atoms with Crippen LogP contribution < -0.4 is 0 Å². The first kappa shape index (κ1) is 62.6. The van der Waals surface area contributed by atoms with E-state index in [9.17, 15) is 14.4 Å². The first-order valence-corrected chi connectivity index (χ1v) is 27.6. The Hall–Kier alpha value is -3.41. The van der Waals surface area contributed by atoms with Gasteiger partial charge in [0.1, 0.15) is 13.2 Å². The molecule has 0 aliphatic rings. The fraction of sp³-hybridized carbons (Fsp3) is 0.717. The number of unbranched alkanes of at least 4 members (excludes halogenated alkanes) is 24. The van der Waals surface area contributed by atoms with Gasteiger partial charge in [-0.1, -0.05) is 221 Å². The predicted molar refractivity (Wildman–Crippen MR) is 284 cm³/mol. The van der Waals surface area contributed by atoms with Crippen LogP contribution in [0.15, 0.2) is 85.1 Å². The Morgan fingerprint density at radius 2 is 0.606 bits per heavy atom. The van der Waals surface area contributed by atoms with Gasteiger partial charge in [0.15, 0.2) is 6.10 Å². The topological polar surface area (TPSA) is 78.9 Å². The van der Waals surface area contributed by atoms with Crippen LogP contribution in [0, 0.1) is 0 Å². The van der Waals surface area contributed by atoms with Gasteiger partial charge < -0.3 is 14.2 Å². The second-order valence-electron chi connectivity index (χ2n) is 18.1. The summed E-state index contributed by atoms with van der Waals surface area (Å²) in [6, 6.07) is 0. The van der Waals surface area contributed by atoms with Crippen molar-refractivity contribution in [2.45, 2.75) is 264 Å². The van der Waals surface area contributed by atoms with Crippen molar-refractivity contribution >= 4 is 17.9 Å². The zero-order valence-electron chi connectivity index (χ0n) is 43.2. The second-order valence-corrected chi connectivity index (χ2v) is 18.1. The smallest absolute Gasteiger partial charge is 0.306 e. The van der Waals surface area contributed by atoms with Gasteiger partial charge in [-0.05, 0) is 103 Å². The average molecular weight is 919 g/mol. The van der Waals surface area contributed by atoms with Gasteiger partial charge in [0.2, 0.25) is 0 Å². The van der Waals surface area contributed by atoms with Gasteiger partial charge in [0.05, 0.1) is 0 Å². The molecule has 66 heavy (non-hydrogen) atoms. The molecule has 0 aliphatic heterocycles. The van der Waals surface area contributed by atoms with Crippen LogP contribution in [0.4, 0.5) is 0 Å². The van der Waals surface area contributed by atoms with Crippen molar-refractivity contribution in [3.05, 3.63) is 85.1 Å². The van der Waals surface area contributed by atoms with Crippen LogP contribution >= 0.6 is 0 Å². The summed E-state index contributed by atoms with van der Waals surface area (Å²) in [6.07, 6.45) is 70.1. The minimum absolute atomic E-state index is 0.0984. The molecule has 0 N–H and O–H groups in total. The van der Waals surface area contributed by atoms with Crippen LogP contribution in [-0.4, -0.2) is 37.2 Å². The maximum Gasteiger partial charge on any atom is 0.306 e. The molecule has 1 unspecified atom stereocenters. The summed E-state index contributed by atoms with van der Waals surface area (Å²) in [5.41, 5.74) is 0. The highest BCUT2D eigenvalue weighted by atomic mass is 16.6. The van der Waals surface area contributed by atoms with E-state index in [1.54, 1.807) is 0 Å². The number of rotatable bonds is 49. The van der Waals surface area contributed by atoms with E-state index in [4.69, 9.17) is 14.2 Å². The molecule has 0 fully saturated rings. The van der Waals surface area contributed by atoms with Crippen molar-refractivity contribution in [1.82, 2.24) is 0 Å². The van der Waals surface area contributed by atoms with Crippen LogP contribution in [-0.2, 0) is 28.6 Å². The quantitative estimate of drug-likeness (QED) is 0.0262. The fourth-order valence-electron chi connectivity index (χ4n) is 7.53. The molecular formula is C60H102O6. The molecule has 378 valence electrons. The molecule has 0 saturated carbocycles. The number of carbonyl (C=O) groups is 3. The maximum atomic E-state index is 12.8. The van der Waals surface area contributed by atoms with Crippen molar-refractivity contribution in [2.75, 3.05) is 13.2 Å². The standard InChI is InChI=1S/C60H102O6/c1-4-7-10-13-16-19-22-24-26-28-30-32-33-35-38-41-44-47-50-53-59(62)65-56-57(55-64-58(61)52-49-46-43-40-37-21-18-15-12-9-6-3)66-60(63)54-51-48-45-42-39-36-34-31-29-27-25-23-20-17-14-11-8-5-2/h7,9-10,12,16,18-19,21,24,26,31,34,40,43,57H,4-6,8,11,13-15,17,20,22-23,25,27-30,32-33,35-39,41-42,44-56H2,1-3H3/b10-7-,12-9-,19-16-,21-18-,26-24-,34-31-,43-40-. The third-order valence-electron chi connectivity index (χ3n) is 11.6. The Balaban J connectivity index is 4.39. The van der Waals surface area contributed by atoms with Crippen molar-refractivity contribution in [1.29, 1.82) is 0 Å². The summed E-state index contributed by atoms with van der Waals surface area (Å²) >= 11 is 0. The largest absolute Gasteiger partial charge is 0.462 e. The zero-order valence-corrected chi connectivity index (χ0v) is 43.2. The Morgan fingerprint density at radius 3 is 1.00 bits per heavy atom. The van der Waals surface area contributed by atoms with E-state index in [0.717, 1.165) is 96.3 Å². The summed E-state index contributed by atoms with van der Waals surface area (Å²) in [5.74, 6) is -0.966. The third kappa shape index (κ3) is 51.6. The van der Waals surface area contributed by atoms with Gasteiger partial charge in [-0.25, -0.2) is 0 Å². The summed E-state index contributed by atoms with van der Waals surface area (Å²) in [6.45, 7) is 6.36. The Labute approximate surface area is 407 Å². The van der Waals surface area contributed by atoms with E-state index in [0.29, 0.717) is 19.3 Å². The van der Waals surface area contributed by atoms with E-state index in [2.05, 4.69) is 106 Å². The molecule has 0 heterocycles. The van der Waals surface area contributed by atoms with Gasteiger partial charge in [-0.15, -0.1) is 0 Å². The molecule has 0 amide bonds. The molecule has 0 aromatic carbocycles. The molecule has 0 aromatic heterocycles. The minimum atomic E-state index is -0.803. The Morgan fingerprint density at radius 1 is 0.318 bits per heavy atom. The summed E-state index contributed by atoms with van der Waals surface area (Å²) in [7, 11) is 0. The highest BCUT2D eigenvalue weighted by Gasteiger charge is 2.19. The molecule has 0 bridgehead atoms. The number of allylic oxidation sites excluding steroid dienone is 14. The van der Waals surface area contributed by atoms with Gasteiger partial charge in [-0.3, -0.25) is 14.4 Å². The van der Waals surface area contributed by atoms with Crippen molar-refractivity contribution in [2.24, 2.45) is 0 Å². The molecule has 0 radical (unpaired) electrons. The SMILES string of the molecule is CC/C=C\C/C=C\C/C=C\CCCCCCCCCCCC(=O)OCC(COC(=O)CCC/C=C\C/C=C\C/C=C\CC)OC(=O)CCCCCCC/C=C\CCCCCCCCCCC. The van der Waals surface area contributed by atoms with Crippen LogP contribution in [0.2, 0.25) is 0 Å². The highest BCUT2D eigenvalue weighted by Crippen LogP contribution is 2.15. The Kier molecular flexibility index (Phi) is 51.4. The van der Waals surface area contributed by atoms with E-state index >= 15 is 0 Å². The van der Waals surface area contributed by atoms with Crippen molar-refractivity contribution in [3.8, 4) is 0 Å². The number of hydrogen-bond acceptors (Lipinski definition) is 6. The number of esters is 3. The normalized spacial score (nSPS) is 12.7. The van der Waals surface area contributed by atoms with E-state index < -0.39 is 6.10 Å². The lowest BCUT2D eigenvalue weighted by atomic mass is 10.1. The zero-order chi connectivity index (χ0) is 47.9. The molecule has 0 spiro atoms. The van der Waals surface area contributed by atoms with E-state index in [1.165, 1.54) is 116 Å². The molecule has 0 rings (SSSR count). The lowest BCUT2D eigenvalue weighted by Gasteiger charge is -2.18. The predicted octanol–water partition coefficient (Wildman–Crippen LogP) is 18.4. The van der Waals surface area contributed by atoms with Gasteiger partial charge in [-0.2, -0.15) is 0 Å². The lowest BCUT2D eigenvalue weighted by Crippen LogP contribution is -2.30. The summed E-state index contributed by atoms with van der Waals surface area (Å²) in [4.78, 5) is 38.0. The maximum absolute atomic E-state index is 12.8. The monoisotopic (exact) mass is 919 g/mol. The lowest BCUT2D eigenvalue weighted by molar-refractivity contribution is -0.167. The number of ether oxygens (including phenoxy) is 3. The first-order valence-electron chi connectivity index (χ1n) is 27.6. The summed E-state index contributed by atoms with van der Waals surface area (Å²) < 4.78 is 16.8. The molecule has 6 nitrogen and oxygen atoms in total. The Bertz CT molecular complexity index is 1290. The molecular weight excluding hydrogens is 817 g/mol. The van der Waals surface area contributed by atoms with Crippen molar-refractivity contribution < 1.29 is 28.6 Å². The van der Waals surface area contributed by atoms with Crippen LogP contribution in [0.1, 0.15) is 258 Å². The van der Waals surface area contributed by atoms with E-state index in [-0.39, 0.29) is 37.5 Å². The minimum Gasteiger partial charge on any atom is -0.462 e. The fourth-order valence-corrected chi connectivity index (χ4v) is 7.53. The molecule has 6 heteroatoms. The molecule has 0 aromatic rings. The molecule has 0 aliphatic carbocycles. The molecule has 1 atom stereocenters. The van der Waals surface area contributed by atoms with Crippen LogP contribution in [0.25, 0.3) is 0 Å². The van der Waals surface area contributed by atoms with Gasteiger partial charge in [0.25, 0.3) is 0 Å². The van der Waals surface area contributed by atoms with Crippen LogP contribution in [0.3, 0.4) is 0 Å². The molecule has 0 saturated heterocycles. The number of carbonyl (C=O) groups excluding carboxylic acids is 3. The number of hydrogen-bond donors (Lipinski definition) is 0. The first-order chi connectivity index (χ1) is 32.5.